The van der Waals surface area contributed by atoms with Crippen LogP contribution in [0, 0.1) is 0 Å². The molecule has 0 radical (unpaired) electrons. The minimum absolute atomic E-state index is 0.330. The fourth-order valence-electron chi connectivity index (χ4n) is 2.71. The average Bonchev–Trinajstić information content (AvgIpc) is 3.10. The number of aliphatic carboxylic acids is 1. The van der Waals surface area contributed by atoms with E-state index in [2.05, 4.69) is 4.98 Å². The summed E-state index contributed by atoms with van der Waals surface area (Å²) in [5.41, 5.74) is 2.20. The molecule has 1 atom stereocenters. The summed E-state index contributed by atoms with van der Waals surface area (Å²) in [5, 5.41) is 9.18. The Hall–Kier alpha value is -2.14. The van der Waals surface area contributed by atoms with E-state index in [0.29, 0.717) is 6.54 Å². The van der Waals surface area contributed by atoms with Crippen LogP contribution >= 0.6 is 0 Å². The van der Waals surface area contributed by atoms with Gasteiger partial charge in [-0.25, -0.2) is 4.98 Å². The molecule has 3 rings (SSSR count). The van der Waals surface area contributed by atoms with Crippen LogP contribution in [-0.4, -0.2) is 38.1 Å². The highest BCUT2D eigenvalue weighted by Crippen LogP contribution is 2.20. The largest absolute Gasteiger partial charge is 0.480 e. The summed E-state index contributed by atoms with van der Waals surface area (Å²) in [6.45, 7) is 1.56. The number of benzene rings is 1. The highest BCUT2D eigenvalue weighted by molar-refractivity contribution is 5.73. The van der Waals surface area contributed by atoms with Crippen LogP contribution in [0.2, 0.25) is 0 Å². The van der Waals surface area contributed by atoms with Crippen LogP contribution in [0.25, 0.3) is 5.69 Å². The number of hydrogen-bond acceptors (Lipinski definition) is 3. The van der Waals surface area contributed by atoms with Crippen LogP contribution in [0.4, 0.5) is 0 Å². The van der Waals surface area contributed by atoms with Crippen molar-refractivity contribution in [1.29, 1.82) is 0 Å². The number of imidazole rings is 1. The lowest BCUT2D eigenvalue weighted by Crippen LogP contribution is -2.35. The maximum atomic E-state index is 11.2. The molecule has 1 N–H and O–H groups in total. The summed E-state index contributed by atoms with van der Waals surface area (Å²) in [6, 6.07) is 7.83. The molecule has 5 heteroatoms. The van der Waals surface area contributed by atoms with Gasteiger partial charge in [0.25, 0.3) is 0 Å². The zero-order valence-corrected chi connectivity index (χ0v) is 11.1. The molecular weight excluding hydrogens is 254 g/mol. The molecule has 1 aliphatic heterocycles. The van der Waals surface area contributed by atoms with E-state index in [9.17, 15) is 9.90 Å². The predicted octanol–water partition coefficient (Wildman–Crippen LogP) is 1.92. The molecule has 0 unspecified atom stereocenters. The van der Waals surface area contributed by atoms with E-state index in [1.165, 1.54) is 0 Å². The van der Waals surface area contributed by atoms with Crippen LogP contribution in [0.5, 0.6) is 0 Å². The lowest BCUT2D eigenvalue weighted by atomic mass is 10.1. The zero-order chi connectivity index (χ0) is 13.9. The van der Waals surface area contributed by atoms with Crippen LogP contribution in [0.3, 0.4) is 0 Å². The Bertz CT molecular complexity index is 578. The maximum Gasteiger partial charge on any atom is 0.320 e. The summed E-state index contributed by atoms with van der Waals surface area (Å²) >= 11 is 0. The van der Waals surface area contributed by atoms with Crippen molar-refractivity contribution in [2.24, 2.45) is 0 Å². The van der Waals surface area contributed by atoms with Gasteiger partial charge < -0.3 is 9.67 Å². The smallest absolute Gasteiger partial charge is 0.320 e. The topological polar surface area (TPSA) is 58.4 Å². The Labute approximate surface area is 117 Å². The Balaban J connectivity index is 1.71. The van der Waals surface area contributed by atoms with Crippen LogP contribution in [0.15, 0.2) is 43.0 Å². The number of aromatic nitrogens is 2. The number of carboxylic acid groups (broad SMARTS) is 1. The van der Waals surface area contributed by atoms with Crippen molar-refractivity contribution >= 4 is 5.97 Å². The lowest BCUT2D eigenvalue weighted by molar-refractivity contribution is -0.142. The quantitative estimate of drug-likeness (QED) is 0.923. The Morgan fingerprint density at radius 1 is 1.35 bits per heavy atom. The van der Waals surface area contributed by atoms with Crippen molar-refractivity contribution in [3.63, 3.8) is 0 Å². The van der Waals surface area contributed by atoms with Gasteiger partial charge in [0.05, 0.1) is 6.33 Å². The molecule has 1 aliphatic rings. The van der Waals surface area contributed by atoms with Gasteiger partial charge in [-0.2, -0.15) is 0 Å². The van der Waals surface area contributed by atoms with Crippen molar-refractivity contribution in [2.75, 3.05) is 6.54 Å². The molecule has 0 bridgehead atoms. The van der Waals surface area contributed by atoms with E-state index in [-0.39, 0.29) is 6.04 Å². The van der Waals surface area contributed by atoms with Gasteiger partial charge in [0, 0.05) is 24.6 Å². The van der Waals surface area contributed by atoms with Gasteiger partial charge in [-0.1, -0.05) is 12.1 Å². The van der Waals surface area contributed by atoms with Crippen LogP contribution in [-0.2, 0) is 11.3 Å². The van der Waals surface area contributed by atoms with Crippen molar-refractivity contribution in [1.82, 2.24) is 14.5 Å². The molecule has 2 heterocycles. The Morgan fingerprint density at radius 3 is 2.80 bits per heavy atom. The maximum absolute atomic E-state index is 11.2. The van der Waals surface area contributed by atoms with Gasteiger partial charge in [-0.05, 0) is 37.1 Å². The second-order valence-electron chi connectivity index (χ2n) is 5.10. The molecule has 1 saturated heterocycles. The fraction of sp³-hybridized carbons (Fsp3) is 0.333. The molecule has 0 spiro atoms. The summed E-state index contributed by atoms with van der Waals surface area (Å²) in [7, 11) is 0. The number of hydrogen-bond donors (Lipinski definition) is 1. The van der Waals surface area contributed by atoms with E-state index < -0.39 is 5.97 Å². The number of likely N-dealkylation sites (tertiary alicyclic amines) is 1. The molecule has 104 valence electrons. The molecule has 0 amide bonds. The van der Waals surface area contributed by atoms with Crippen molar-refractivity contribution in [3.8, 4) is 5.69 Å². The van der Waals surface area contributed by atoms with Gasteiger partial charge in [0.15, 0.2) is 0 Å². The van der Waals surface area contributed by atoms with E-state index in [0.717, 1.165) is 30.6 Å². The zero-order valence-electron chi connectivity index (χ0n) is 11.1. The molecule has 0 saturated carbocycles. The molecule has 1 aromatic heterocycles. The van der Waals surface area contributed by atoms with Gasteiger partial charge in [0.2, 0.25) is 0 Å². The number of carboxylic acids is 1. The van der Waals surface area contributed by atoms with Crippen molar-refractivity contribution in [3.05, 3.63) is 48.5 Å². The monoisotopic (exact) mass is 271 g/mol. The fourth-order valence-corrected chi connectivity index (χ4v) is 2.71. The molecular formula is C15H17N3O2. The van der Waals surface area contributed by atoms with Gasteiger partial charge in [-0.3, -0.25) is 9.69 Å². The van der Waals surface area contributed by atoms with E-state index in [1.807, 2.05) is 39.9 Å². The van der Waals surface area contributed by atoms with E-state index >= 15 is 0 Å². The first-order valence-corrected chi connectivity index (χ1v) is 6.78. The molecule has 1 fully saturated rings. The second kappa shape index (κ2) is 5.46. The highest BCUT2D eigenvalue weighted by atomic mass is 16.4. The van der Waals surface area contributed by atoms with Crippen LogP contribution in [0.1, 0.15) is 18.4 Å². The lowest BCUT2D eigenvalue weighted by Gasteiger charge is -2.21. The molecule has 2 aromatic rings. The Kier molecular flexibility index (Phi) is 3.52. The second-order valence-corrected chi connectivity index (χ2v) is 5.10. The minimum atomic E-state index is -0.711. The predicted molar refractivity (Wildman–Crippen MR) is 74.6 cm³/mol. The summed E-state index contributed by atoms with van der Waals surface area (Å²) in [4.78, 5) is 17.2. The third-order valence-corrected chi connectivity index (χ3v) is 3.77. The van der Waals surface area contributed by atoms with Crippen LogP contribution < -0.4 is 0 Å². The summed E-state index contributed by atoms with van der Waals surface area (Å²) in [5.74, 6) is -0.711. The van der Waals surface area contributed by atoms with E-state index in [4.69, 9.17) is 0 Å². The van der Waals surface area contributed by atoms with Gasteiger partial charge in [-0.15, -0.1) is 0 Å². The number of rotatable bonds is 4. The summed E-state index contributed by atoms with van der Waals surface area (Å²) < 4.78 is 1.94. The van der Waals surface area contributed by atoms with E-state index in [1.54, 1.807) is 12.5 Å². The SMILES string of the molecule is O=C(O)[C@H]1CCCN1Cc1ccc(-n2ccnc2)cc1. The average molecular weight is 271 g/mol. The highest BCUT2D eigenvalue weighted by Gasteiger charge is 2.30. The van der Waals surface area contributed by atoms with Crippen molar-refractivity contribution in [2.45, 2.75) is 25.4 Å². The number of nitrogens with zero attached hydrogens (tertiary/aromatic N) is 3. The van der Waals surface area contributed by atoms with Gasteiger partial charge >= 0.3 is 5.97 Å². The molecule has 20 heavy (non-hydrogen) atoms. The third kappa shape index (κ3) is 2.58. The summed E-state index contributed by atoms with van der Waals surface area (Å²) in [6.07, 6.45) is 7.12. The first-order chi connectivity index (χ1) is 9.74. The minimum Gasteiger partial charge on any atom is -0.480 e. The molecule has 1 aromatic carbocycles. The normalized spacial score (nSPS) is 19.3. The number of carbonyl (C=O) groups is 1. The first kappa shape index (κ1) is 12.9. The van der Waals surface area contributed by atoms with Gasteiger partial charge in [0.1, 0.15) is 6.04 Å². The van der Waals surface area contributed by atoms with Crippen molar-refractivity contribution < 1.29 is 9.90 Å². The first-order valence-electron chi connectivity index (χ1n) is 6.78. The standard InChI is InChI=1S/C15H17N3O2/c19-15(20)14-2-1-8-17(14)10-12-3-5-13(6-4-12)18-9-7-16-11-18/h3-7,9,11,14H,1-2,8,10H2,(H,19,20)/t14-/m1/s1. The Morgan fingerprint density at radius 2 is 2.15 bits per heavy atom. The molecule has 5 nitrogen and oxygen atoms in total. The third-order valence-electron chi connectivity index (χ3n) is 3.77. The molecule has 0 aliphatic carbocycles.